The van der Waals surface area contributed by atoms with Crippen molar-refractivity contribution in [2.45, 2.75) is 31.3 Å². The van der Waals surface area contributed by atoms with Crippen LogP contribution in [-0.2, 0) is 5.75 Å². The molecular weight excluding hydrogens is 258 g/mol. The van der Waals surface area contributed by atoms with Crippen LogP contribution < -0.4 is 5.73 Å². The van der Waals surface area contributed by atoms with Crippen molar-refractivity contribution in [1.82, 2.24) is 10.1 Å². The summed E-state index contributed by atoms with van der Waals surface area (Å²) in [7, 11) is 0. The van der Waals surface area contributed by atoms with Crippen molar-refractivity contribution in [3.05, 3.63) is 35.7 Å². The Kier molecular flexibility index (Phi) is 4.99. The molecule has 1 atom stereocenters. The first-order valence-electron chi connectivity index (χ1n) is 6.40. The summed E-state index contributed by atoms with van der Waals surface area (Å²) < 4.78 is 5.26. The van der Waals surface area contributed by atoms with E-state index in [9.17, 15) is 0 Å². The van der Waals surface area contributed by atoms with E-state index in [0.717, 1.165) is 17.7 Å². The van der Waals surface area contributed by atoms with Gasteiger partial charge in [-0.15, -0.1) is 11.8 Å². The van der Waals surface area contributed by atoms with Gasteiger partial charge in [-0.05, 0) is 19.9 Å². The molecule has 0 aliphatic heterocycles. The van der Waals surface area contributed by atoms with Gasteiger partial charge in [-0.2, -0.15) is 4.98 Å². The van der Waals surface area contributed by atoms with E-state index in [1.165, 1.54) is 5.56 Å². The molecule has 4 nitrogen and oxygen atoms in total. The van der Waals surface area contributed by atoms with Crippen LogP contribution in [0.1, 0.15) is 24.8 Å². The second kappa shape index (κ2) is 6.73. The third-order valence-corrected chi connectivity index (χ3v) is 4.06. The molecule has 1 unspecified atom stereocenters. The first-order valence-corrected chi connectivity index (χ1v) is 7.45. The molecular formula is C14H19N3OS. The van der Waals surface area contributed by atoms with E-state index in [-0.39, 0.29) is 0 Å². The first-order chi connectivity index (χ1) is 9.19. The molecule has 0 aliphatic rings. The Morgan fingerprint density at radius 1 is 1.32 bits per heavy atom. The molecule has 0 aliphatic carbocycles. The van der Waals surface area contributed by atoms with Crippen molar-refractivity contribution in [2.24, 2.45) is 5.73 Å². The van der Waals surface area contributed by atoms with Crippen LogP contribution in [0.25, 0.3) is 11.4 Å². The van der Waals surface area contributed by atoms with Gasteiger partial charge in [0, 0.05) is 10.8 Å². The van der Waals surface area contributed by atoms with Crippen molar-refractivity contribution in [2.75, 3.05) is 6.54 Å². The molecule has 5 heteroatoms. The van der Waals surface area contributed by atoms with Crippen LogP contribution in [0.3, 0.4) is 0 Å². The monoisotopic (exact) mass is 277 g/mol. The lowest BCUT2D eigenvalue weighted by atomic mass is 10.1. The summed E-state index contributed by atoms with van der Waals surface area (Å²) in [6.45, 7) is 4.93. The van der Waals surface area contributed by atoms with Gasteiger partial charge in [0.05, 0.1) is 5.75 Å². The predicted octanol–water partition coefficient (Wildman–Crippen LogP) is 3.02. The Bertz CT molecular complexity index is 510. The zero-order valence-electron chi connectivity index (χ0n) is 11.3. The third-order valence-electron chi connectivity index (χ3n) is 2.84. The van der Waals surface area contributed by atoms with Gasteiger partial charge in [0.2, 0.25) is 11.7 Å². The Hall–Kier alpha value is -1.33. The standard InChI is InChI=1S/C14H19N3OS/c1-10-3-5-12(6-4-10)14-16-13(18-17-14)9-19-11(2)7-8-15/h3-6,11H,7-9,15H2,1-2H3. The van der Waals surface area contributed by atoms with Crippen molar-refractivity contribution < 1.29 is 4.52 Å². The maximum atomic E-state index is 5.53. The van der Waals surface area contributed by atoms with Crippen LogP contribution in [0.4, 0.5) is 0 Å². The second-order valence-corrected chi connectivity index (χ2v) is 6.00. The lowest BCUT2D eigenvalue weighted by Gasteiger charge is -2.06. The zero-order valence-corrected chi connectivity index (χ0v) is 12.1. The number of benzene rings is 1. The molecule has 0 spiro atoms. The molecule has 19 heavy (non-hydrogen) atoms. The van der Waals surface area contributed by atoms with E-state index in [0.29, 0.717) is 23.5 Å². The van der Waals surface area contributed by atoms with Crippen molar-refractivity contribution in [1.29, 1.82) is 0 Å². The van der Waals surface area contributed by atoms with E-state index in [1.54, 1.807) is 11.8 Å². The highest BCUT2D eigenvalue weighted by atomic mass is 32.2. The number of rotatable bonds is 6. The Morgan fingerprint density at radius 3 is 2.74 bits per heavy atom. The van der Waals surface area contributed by atoms with Gasteiger partial charge in [-0.1, -0.05) is 41.9 Å². The molecule has 1 heterocycles. The van der Waals surface area contributed by atoms with Crippen molar-refractivity contribution in [3.8, 4) is 11.4 Å². The first kappa shape index (κ1) is 14.1. The minimum atomic E-state index is 0.514. The summed E-state index contributed by atoms with van der Waals surface area (Å²) in [5.74, 6) is 2.06. The largest absolute Gasteiger partial charge is 0.338 e. The summed E-state index contributed by atoms with van der Waals surface area (Å²) in [6, 6.07) is 8.11. The third kappa shape index (κ3) is 4.08. The molecule has 2 rings (SSSR count). The van der Waals surface area contributed by atoms with Crippen molar-refractivity contribution >= 4 is 11.8 Å². The van der Waals surface area contributed by atoms with Gasteiger partial charge >= 0.3 is 0 Å². The van der Waals surface area contributed by atoms with Gasteiger partial charge < -0.3 is 10.3 Å². The molecule has 0 bridgehead atoms. The van der Waals surface area contributed by atoms with Crippen LogP contribution in [0.5, 0.6) is 0 Å². The molecule has 0 fully saturated rings. The Morgan fingerprint density at radius 2 is 2.05 bits per heavy atom. The second-order valence-electron chi connectivity index (χ2n) is 4.58. The number of aromatic nitrogens is 2. The molecule has 2 N–H and O–H groups in total. The SMILES string of the molecule is Cc1ccc(-c2noc(CSC(C)CCN)n2)cc1. The summed E-state index contributed by atoms with van der Waals surface area (Å²) in [5.41, 5.74) is 7.73. The van der Waals surface area contributed by atoms with Gasteiger partial charge in [0.1, 0.15) is 0 Å². The van der Waals surface area contributed by atoms with E-state index < -0.39 is 0 Å². The molecule has 0 radical (unpaired) electrons. The Balaban J connectivity index is 1.97. The van der Waals surface area contributed by atoms with E-state index in [1.807, 2.05) is 24.3 Å². The van der Waals surface area contributed by atoms with Crippen LogP contribution in [-0.4, -0.2) is 21.9 Å². The Labute approximate surface area is 117 Å². The summed E-state index contributed by atoms with van der Waals surface area (Å²) in [6.07, 6.45) is 1.00. The lowest BCUT2D eigenvalue weighted by Crippen LogP contribution is -2.07. The predicted molar refractivity (Wildman–Crippen MR) is 78.9 cm³/mol. The summed E-state index contributed by atoms with van der Waals surface area (Å²) in [4.78, 5) is 4.41. The number of aryl methyl sites for hydroxylation is 1. The fourth-order valence-corrected chi connectivity index (χ4v) is 2.51. The molecule has 2 aromatic rings. The fraction of sp³-hybridized carbons (Fsp3) is 0.429. The summed E-state index contributed by atoms with van der Waals surface area (Å²) >= 11 is 1.79. The topological polar surface area (TPSA) is 64.9 Å². The number of nitrogens with two attached hydrogens (primary N) is 1. The fourth-order valence-electron chi connectivity index (χ4n) is 1.66. The number of hydrogen-bond donors (Lipinski definition) is 1. The minimum absolute atomic E-state index is 0.514. The maximum absolute atomic E-state index is 5.53. The molecule has 0 amide bonds. The number of thioether (sulfide) groups is 1. The number of nitrogens with zero attached hydrogens (tertiary/aromatic N) is 2. The highest BCUT2D eigenvalue weighted by molar-refractivity contribution is 7.99. The van der Waals surface area contributed by atoms with Crippen LogP contribution in [0.2, 0.25) is 0 Å². The summed E-state index contributed by atoms with van der Waals surface area (Å²) in [5, 5.41) is 4.53. The van der Waals surface area contributed by atoms with E-state index in [4.69, 9.17) is 10.3 Å². The quantitative estimate of drug-likeness (QED) is 0.879. The number of hydrogen-bond acceptors (Lipinski definition) is 5. The van der Waals surface area contributed by atoms with Crippen LogP contribution in [0.15, 0.2) is 28.8 Å². The highest BCUT2D eigenvalue weighted by Crippen LogP contribution is 2.21. The molecule has 1 aromatic carbocycles. The van der Waals surface area contributed by atoms with Crippen molar-refractivity contribution in [3.63, 3.8) is 0 Å². The van der Waals surface area contributed by atoms with Crippen LogP contribution in [0, 0.1) is 6.92 Å². The average Bonchev–Trinajstić information content (AvgIpc) is 2.86. The van der Waals surface area contributed by atoms with Gasteiger partial charge in [-0.25, -0.2) is 0 Å². The lowest BCUT2D eigenvalue weighted by molar-refractivity contribution is 0.391. The molecule has 1 aromatic heterocycles. The van der Waals surface area contributed by atoms with Gasteiger partial charge in [0.25, 0.3) is 0 Å². The molecule has 0 saturated heterocycles. The van der Waals surface area contributed by atoms with Gasteiger partial charge in [0.15, 0.2) is 0 Å². The normalized spacial score (nSPS) is 12.6. The smallest absolute Gasteiger partial charge is 0.236 e. The van der Waals surface area contributed by atoms with Crippen LogP contribution >= 0.6 is 11.8 Å². The minimum Gasteiger partial charge on any atom is -0.338 e. The maximum Gasteiger partial charge on any atom is 0.236 e. The van der Waals surface area contributed by atoms with Gasteiger partial charge in [-0.3, -0.25) is 0 Å². The molecule has 0 saturated carbocycles. The highest BCUT2D eigenvalue weighted by Gasteiger charge is 2.10. The molecule has 102 valence electrons. The zero-order chi connectivity index (χ0) is 13.7. The average molecular weight is 277 g/mol. The van der Waals surface area contributed by atoms with E-state index >= 15 is 0 Å². The van der Waals surface area contributed by atoms with E-state index in [2.05, 4.69) is 24.0 Å².